The number of nitrogens with two attached hydrogens (primary N) is 1. The van der Waals surface area contributed by atoms with Crippen LogP contribution in [-0.2, 0) is 6.42 Å². The van der Waals surface area contributed by atoms with E-state index in [9.17, 15) is 4.79 Å². The van der Waals surface area contributed by atoms with Gasteiger partial charge in [-0.05, 0) is 55.2 Å². The van der Waals surface area contributed by atoms with Gasteiger partial charge in [0.15, 0.2) is 0 Å². The summed E-state index contributed by atoms with van der Waals surface area (Å²) < 4.78 is 0. The van der Waals surface area contributed by atoms with Crippen molar-refractivity contribution in [1.82, 2.24) is 5.32 Å². The van der Waals surface area contributed by atoms with Crippen molar-refractivity contribution in [3.05, 3.63) is 64.7 Å². The molecule has 104 valence electrons. The van der Waals surface area contributed by atoms with Gasteiger partial charge in [0, 0.05) is 17.8 Å². The largest absolute Gasteiger partial charge is 0.399 e. The molecule has 0 aliphatic heterocycles. The van der Waals surface area contributed by atoms with Gasteiger partial charge in [0.25, 0.3) is 5.91 Å². The summed E-state index contributed by atoms with van der Waals surface area (Å²) in [6.45, 7) is 4.82. The Morgan fingerprint density at radius 3 is 2.60 bits per heavy atom. The number of amides is 1. The second kappa shape index (κ2) is 6.24. The van der Waals surface area contributed by atoms with Gasteiger partial charge in [-0.3, -0.25) is 4.79 Å². The van der Waals surface area contributed by atoms with Gasteiger partial charge in [-0.15, -0.1) is 0 Å². The summed E-state index contributed by atoms with van der Waals surface area (Å²) in [5, 5.41) is 2.91. The Kier molecular flexibility index (Phi) is 4.41. The Bertz CT molecular complexity index is 620. The van der Waals surface area contributed by atoms with Crippen molar-refractivity contribution in [2.24, 2.45) is 0 Å². The van der Waals surface area contributed by atoms with Crippen LogP contribution in [0.3, 0.4) is 0 Å². The first-order valence-electron chi connectivity index (χ1n) is 6.76. The highest BCUT2D eigenvalue weighted by atomic mass is 16.1. The molecule has 0 spiro atoms. The van der Waals surface area contributed by atoms with Crippen LogP contribution >= 0.6 is 0 Å². The number of benzene rings is 2. The molecule has 0 aliphatic carbocycles. The molecule has 0 unspecified atom stereocenters. The molecule has 3 heteroatoms. The summed E-state index contributed by atoms with van der Waals surface area (Å²) in [5.74, 6) is -0.0823. The molecule has 0 heterocycles. The zero-order chi connectivity index (χ0) is 14.5. The summed E-state index contributed by atoms with van der Waals surface area (Å²) >= 11 is 0. The van der Waals surface area contributed by atoms with Crippen molar-refractivity contribution in [3.8, 4) is 0 Å². The van der Waals surface area contributed by atoms with Gasteiger partial charge in [0.2, 0.25) is 0 Å². The zero-order valence-corrected chi connectivity index (χ0v) is 11.9. The number of anilines is 1. The fourth-order valence-corrected chi connectivity index (χ4v) is 2.06. The van der Waals surface area contributed by atoms with Gasteiger partial charge in [-0.1, -0.05) is 24.3 Å². The van der Waals surface area contributed by atoms with Crippen molar-refractivity contribution < 1.29 is 4.79 Å². The molecule has 2 rings (SSSR count). The normalized spacial score (nSPS) is 10.3. The van der Waals surface area contributed by atoms with E-state index in [1.165, 1.54) is 16.7 Å². The van der Waals surface area contributed by atoms with Crippen molar-refractivity contribution in [2.45, 2.75) is 20.3 Å². The van der Waals surface area contributed by atoms with Crippen LogP contribution in [0.15, 0.2) is 42.5 Å². The predicted octanol–water partition coefficient (Wildman–Crippen LogP) is 2.86. The second-order valence-electron chi connectivity index (χ2n) is 5.05. The van der Waals surface area contributed by atoms with E-state index in [4.69, 9.17) is 5.73 Å². The van der Waals surface area contributed by atoms with E-state index in [0.717, 1.165) is 6.42 Å². The maximum absolute atomic E-state index is 11.9. The fourth-order valence-electron chi connectivity index (χ4n) is 2.06. The molecule has 2 aromatic rings. The number of nitrogens with one attached hydrogen (secondary N) is 1. The Balaban J connectivity index is 1.89. The highest BCUT2D eigenvalue weighted by molar-refractivity contribution is 5.94. The first-order valence-corrected chi connectivity index (χ1v) is 6.76. The molecule has 0 aromatic heterocycles. The van der Waals surface area contributed by atoms with Crippen LogP contribution < -0.4 is 11.1 Å². The molecule has 0 radical (unpaired) electrons. The Morgan fingerprint density at radius 2 is 1.90 bits per heavy atom. The van der Waals surface area contributed by atoms with Crippen LogP contribution in [-0.4, -0.2) is 12.5 Å². The third-order valence-corrected chi connectivity index (χ3v) is 3.42. The molecular formula is C17H20N2O. The quantitative estimate of drug-likeness (QED) is 0.838. The van der Waals surface area contributed by atoms with Gasteiger partial charge in [0.05, 0.1) is 0 Å². The van der Waals surface area contributed by atoms with Crippen molar-refractivity contribution in [3.63, 3.8) is 0 Å². The van der Waals surface area contributed by atoms with Gasteiger partial charge in [0.1, 0.15) is 0 Å². The molecule has 0 aliphatic rings. The lowest BCUT2D eigenvalue weighted by atomic mass is 10.0. The minimum atomic E-state index is -0.0823. The number of rotatable bonds is 4. The smallest absolute Gasteiger partial charge is 0.251 e. The average Bonchev–Trinajstić information content (AvgIpc) is 2.42. The van der Waals surface area contributed by atoms with Gasteiger partial charge in [-0.2, -0.15) is 0 Å². The van der Waals surface area contributed by atoms with Crippen LogP contribution in [0, 0.1) is 13.8 Å². The summed E-state index contributed by atoms with van der Waals surface area (Å²) in [6, 6.07) is 13.4. The average molecular weight is 268 g/mol. The van der Waals surface area contributed by atoms with Gasteiger partial charge in [-0.25, -0.2) is 0 Å². The SMILES string of the molecule is Cc1ccc(CCNC(=O)c2cccc(N)c2)cc1C. The summed E-state index contributed by atoms with van der Waals surface area (Å²) in [7, 11) is 0. The summed E-state index contributed by atoms with van der Waals surface area (Å²) in [5.41, 5.74) is 10.7. The fraction of sp³-hybridized carbons (Fsp3) is 0.235. The van der Waals surface area contributed by atoms with E-state index in [-0.39, 0.29) is 5.91 Å². The number of carbonyl (C=O) groups excluding carboxylic acids is 1. The first kappa shape index (κ1) is 14.1. The third kappa shape index (κ3) is 3.60. The highest BCUT2D eigenvalue weighted by Crippen LogP contribution is 2.10. The van der Waals surface area contributed by atoms with Gasteiger partial charge < -0.3 is 11.1 Å². The predicted molar refractivity (Wildman–Crippen MR) is 82.8 cm³/mol. The molecule has 3 nitrogen and oxygen atoms in total. The monoisotopic (exact) mass is 268 g/mol. The molecule has 1 amide bonds. The Morgan fingerprint density at radius 1 is 1.10 bits per heavy atom. The molecular weight excluding hydrogens is 248 g/mol. The minimum absolute atomic E-state index is 0.0823. The number of carbonyl (C=O) groups is 1. The maximum atomic E-state index is 11.9. The van der Waals surface area contributed by atoms with Crippen LogP contribution in [0.4, 0.5) is 5.69 Å². The molecule has 20 heavy (non-hydrogen) atoms. The molecule has 0 saturated heterocycles. The lowest BCUT2D eigenvalue weighted by Crippen LogP contribution is -2.25. The number of hydrogen-bond acceptors (Lipinski definition) is 2. The first-order chi connectivity index (χ1) is 9.56. The van der Waals surface area contributed by atoms with E-state index in [1.54, 1.807) is 24.3 Å². The van der Waals surface area contributed by atoms with Crippen molar-refractivity contribution >= 4 is 11.6 Å². The number of aryl methyl sites for hydroxylation is 2. The van der Waals surface area contributed by atoms with Crippen LogP contribution in [0.2, 0.25) is 0 Å². The number of hydrogen-bond donors (Lipinski definition) is 2. The van der Waals surface area contributed by atoms with Gasteiger partial charge >= 0.3 is 0 Å². The van der Waals surface area contributed by atoms with E-state index in [0.29, 0.717) is 17.8 Å². The summed E-state index contributed by atoms with van der Waals surface area (Å²) in [6.07, 6.45) is 0.829. The number of nitrogen functional groups attached to an aromatic ring is 1. The molecule has 0 fully saturated rings. The Labute approximate surface area is 119 Å². The molecule has 0 saturated carbocycles. The standard InChI is InChI=1S/C17H20N2O/c1-12-6-7-14(10-13(12)2)8-9-19-17(20)15-4-3-5-16(18)11-15/h3-7,10-11H,8-9,18H2,1-2H3,(H,19,20). The topological polar surface area (TPSA) is 55.1 Å². The lowest BCUT2D eigenvalue weighted by molar-refractivity contribution is 0.0954. The Hall–Kier alpha value is -2.29. The van der Waals surface area contributed by atoms with Crippen LogP contribution in [0.25, 0.3) is 0 Å². The lowest BCUT2D eigenvalue weighted by Gasteiger charge is -2.07. The zero-order valence-electron chi connectivity index (χ0n) is 11.9. The van der Waals surface area contributed by atoms with Crippen molar-refractivity contribution in [1.29, 1.82) is 0 Å². The molecule has 0 atom stereocenters. The molecule has 0 bridgehead atoms. The second-order valence-corrected chi connectivity index (χ2v) is 5.05. The summed E-state index contributed by atoms with van der Waals surface area (Å²) in [4.78, 5) is 11.9. The minimum Gasteiger partial charge on any atom is -0.399 e. The van der Waals surface area contributed by atoms with E-state index in [1.807, 2.05) is 0 Å². The maximum Gasteiger partial charge on any atom is 0.251 e. The van der Waals surface area contributed by atoms with Crippen LogP contribution in [0.5, 0.6) is 0 Å². The van der Waals surface area contributed by atoms with Crippen LogP contribution in [0.1, 0.15) is 27.0 Å². The highest BCUT2D eigenvalue weighted by Gasteiger charge is 2.05. The van der Waals surface area contributed by atoms with E-state index in [2.05, 4.69) is 37.4 Å². The third-order valence-electron chi connectivity index (χ3n) is 3.42. The van der Waals surface area contributed by atoms with E-state index < -0.39 is 0 Å². The molecule has 2 aromatic carbocycles. The van der Waals surface area contributed by atoms with E-state index >= 15 is 0 Å². The van der Waals surface area contributed by atoms with Crippen molar-refractivity contribution in [2.75, 3.05) is 12.3 Å². The molecule has 3 N–H and O–H groups in total.